The lowest BCUT2D eigenvalue weighted by Gasteiger charge is -2.26. The molecule has 10 heteroatoms. The van der Waals surface area contributed by atoms with Gasteiger partial charge in [-0.2, -0.15) is 4.31 Å². The second-order valence-electron chi connectivity index (χ2n) is 7.31. The Kier molecular flexibility index (Phi) is 6.29. The number of hydrogen-bond acceptors (Lipinski definition) is 5. The van der Waals surface area contributed by atoms with Crippen LogP contribution in [0.15, 0.2) is 47.4 Å². The third kappa shape index (κ3) is 4.59. The van der Waals surface area contributed by atoms with Crippen LogP contribution < -0.4 is 10.2 Å². The van der Waals surface area contributed by atoms with E-state index in [1.807, 2.05) is 0 Å². The summed E-state index contributed by atoms with van der Waals surface area (Å²) in [5, 5.41) is 2.88. The Labute approximate surface area is 185 Å². The van der Waals surface area contributed by atoms with Crippen molar-refractivity contribution in [1.29, 1.82) is 0 Å². The zero-order valence-corrected chi connectivity index (χ0v) is 18.3. The molecule has 31 heavy (non-hydrogen) atoms. The van der Waals surface area contributed by atoms with Crippen LogP contribution in [0, 0.1) is 0 Å². The highest BCUT2D eigenvalue weighted by atomic mass is 35.5. The first-order valence-electron chi connectivity index (χ1n) is 9.95. The number of hydrogen-bond donors (Lipinski definition) is 1. The van der Waals surface area contributed by atoms with Gasteiger partial charge in [-0.1, -0.05) is 11.6 Å². The number of sulfonamides is 1. The Morgan fingerprint density at radius 1 is 1.03 bits per heavy atom. The minimum atomic E-state index is -3.75. The third-order valence-electron chi connectivity index (χ3n) is 5.30. The van der Waals surface area contributed by atoms with Crippen molar-refractivity contribution >= 4 is 44.8 Å². The summed E-state index contributed by atoms with van der Waals surface area (Å²) >= 11 is 6.19. The second-order valence-corrected chi connectivity index (χ2v) is 9.65. The van der Waals surface area contributed by atoms with Crippen LogP contribution in [0.3, 0.4) is 0 Å². The molecule has 0 unspecified atom stereocenters. The number of ether oxygens (including phenoxy) is 1. The average molecular weight is 464 g/mol. The first kappa shape index (κ1) is 21.8. The Morgan fingerprint density at radius 2 is 1.74 bits per heavy atom. The minimum absolute atomic E-state index is 0.00634. The van der Waals surface area contributed by atoms with Gasteiger partial charge >= 0.3 is 0 Å². The van der Waals surface area contributed by atoms with Crippen LogP contribution in [0.4, 0.5) is 11.4 Å². The van der Waals surface area contributed by atoms with E-state index in [0.717, 1.165) is 12.1 Å². The Morgan fingerprint density at radius 3 is 2.39 bits per heavy atom. The lowest BCUT2D eigenvalue weighted by atomic mass is 10.2. The standard InChI is InChI=1S/C21H22ClN3O5S/c22-19-8-7-17(31(28,29)24-10-12-30-13-11-24)14-18(19)21(27)23-15-3-5-16(6-4-15)25-9-1-2-20(25)26/h3-8,14H,1-2,9-13H2,(H,23,27). The van der Waals surface area contributed by atoms with Gasteiger partial charge < -0.3 is 15.0 Å². The van der Waals surface area contributed by atoms with Gasteiger partial charge in [-0.15, -0.1) is 0 Å². The molecule has 2 aliphatic rings. The molecule has 0 aliphatic carbocycles. The van der Waals surface area contributed by atoms with Crippen molar-refractivity contribution in [1.82, 2.24) is 4.31 Å². The highest BCUT2D eigenvalue weighted by Crippen LogP contribution is 2.26. The molecule has 1 N–H and O–H groups in total. The summed E-state index contributed by atoms with van der Waals surface area (Å²) < 4.78 is 32.3. The van der Waals surface area contributed by atoms with Crippen LogP contribution >= 0.6 is 11.6 Å². The average Bonchev–Trinajstić information content (AvgIpc) is 3.21. The maximum atomic E-state index is 12.9. The molecular formula is C21H22ClN3O5S. The monoisotopic (exact) mass is 463 g/mol. The number of benzene rings is 2. The fraction of sp³-hybridized carbons (Fsp3) is 0.333. The topological polar surface area (TPSA) is 96.0 Å². The predicted octanol–water partition coefficient (Wildman–Crippen LogP) is 2.74. The number of carbonyl (C=O) groups is 2. The molecule has 164 valence electrons. The quantitative estimate of drug-likeness (QED) is 0.735. The van der Waals surface area contributed by atoms with E-state index in [-0.39, 0.29) is 34.5 Å². The number of nitrogens with one attached hydrogen (secondary N) is 1. The van der Waals surface area contributed by atoms with Crippen LogP contribution in [0.5, 0.6) is 0 Å². The SMILES string of the molecule is O=C(Nc1ccc(N2CCCC2=O)cc1)c1cc(S(=O)(=O)N2CCOCC2)ccc1Cl. The zero-order valence-electron chi connectivity index (χ0n) is 16.7. The summed E-state index contributed by atoms with van der Waals surface area (Å²) in [6.07, 6.45) is 1.38. The van der Waals surface area contributed by atoms with E-state index in [4.69, 9.17) is 16.3 Å². The molecule has 0 atom stereocenters. The maximum absolute atomic E-state index is 12.9. The van der Waals surface area contributed by atoms with Crippen molar-refractivity contribution in [3.8, 4) is 0 Å². The van der Waals surface area contributed by atoms with E-state index in [9.17, 15) is 18.0 Å². The number of rotatable bonds is 5. The van der Waals surface area contributed by atoms with Crippen molar-refractivity contribution in [3.05, 3.63) is 53.1 Å². The van der Waals surface area contributed by atoms with Gasteiger partial charge in [-0.3, -0.25) is 9.59 Å². The van der Waals surface area contributed by atoms with Gasteiger partial charge in [0.1, 0.15) is 0 Å². The fourth-order valence-electron chi connectivity index (χ4n) is 3.62. The third-order valence-corrected chi connectivity index (χ3v) is 7.52. The van der Waals surface area contributed by atoms with Crippen LogP contribution in [0.2, 0.25) is 5.02 Å². The van der Waals surface area contributed by atoms with Gasteiger partial charge in [0.25, 0.3) is 5.91 Å². The van der Waals surface area contributed by atoms with E-state index in [1.165, 1.54) is 22.5 Å². The van der Waals surface area contributed by atoms with Crippen LogP contribution in [0.1, 0.15) is 23.2 Å². The Hall–Kier alpha value is -2.46. The molecule has 2 fully saturated rings. The first-order chi connectivity index (χ1) is 14.9. The summed E-state index contributed by atoms with van der Waals surface area (Å²) in [5.74, 6) is -0.434. The van der Waals surface area contributed by atoms with Gasteiger partial charge in [-0.05, 0) is 48.9 Å². The maximum Gasteiger partial charge on any atom is 0.257 e. The number of halogens is 1. The van der Waals surface area contributed by atoms with Crippen molar-refractivity contribution in [2.75, 3.05) is 43.1 Å². The number of morpholine rings is 1. The highest BCUT2D eigenvalue weighted by Gasteiger charge is 2.28. The van der Waals surface area contributed by atoms with Crippen LogP contribution in [0.25, 0.3) is 0 Å². The molecular weight excluding hydrogens is 442 g/mol. The van der Waals surface area contributed by atoms with Crippen LogP contribution in [-0.4, -0.2) is 57.4 Å². The lowest BCUT2D eigenvalue weighted by molar-refractivity contribution is -0.117. The van der Waals surface area contributed by atoms with Gasteiger partial charge in [-0.25, -0.2) is 8.42 Å². The van der Waals surface area contributed by atoms with E-state index < -0.39 is 15.9 Å². The minimum Gasteiger partial charge on any atom is -0.379 e. The second kappa shape index (κ2) is 8.96. The van der Waals surface area contributed by atoms with E-state index in [1.54, 1.807) is 29.2 Å². The predicted molar refractivity (Wildman–Crippen MR) is 117 cm³/mol. The Balaban J connectivity index is 1.52. The highest BCUT2D eigenvalue weighted by molar-refractivity contribution is 7.89. The van der Waals surface area contributed by atoms with Crippen molar-refractivity contribution in [2.45, 2.75) is 17.7 Å². The van der Waals surface area contributed by atoms with Gasteiger partial charge in [0.05, 0.1) is 28.7 Å². The molecule has 2 heterocycles. The summed E-state index contributed by atoms with van der Waals surface area (Å²) in [7, 11) is -3.75. The van der Waals surface area contributed by atoms with Gasteiger partial charge in [0, 0.05) is 37.4 Å². The molecule has 0 bridgehead atoms. The largest absolute Gasteiger partial charge is 0.379 e. The summed E-state index contributed by atoms with van der Waals surface area (Å²) in [4.78, 5) is 26.4. The van der Waals surface area contributed by atoms with E-state index in [2.05, 4.69) is 5.32 Å². The normalized spacial score (nSPS) is 17.7. The molecule has 4 rings (SSSR count). The smallest absolute Gasteiger partial charge is 0.257 e. The lowest BCUT2D eigenvalue weighted by Crippen LogP contribution is -2.40. The molecule has 0 radical (unpaired) electrons. The van der Waals surface area contributed by atoms with Crippen molar-refractivity contribution < 1.29 is 22.7 Å². The van der Waals surface area contributed by atoms with Gasteiger partial charge in [0.2, 0.25) is 15.9 Å². The van der Waals surface area contributed by atoms with E-state index >= 15 is 0 Å². The molecule has 0 spiro atoms. The first-order valence-corrected chi connectivity index (χ1v) is 11.8. The van der Waals surface area contributed by atoms with Crippen LogP contribution in [-0.2, 0) is 19.6 Å². The number of nitrogens with zero attached hydrogens (tertiary/aromatic N) is 2. The fourth-order valence-corrected chi connectivity index (χ4v) is 5.26. The Bertz CT molecular complexity index is 1100. The summed E-state index contributed by atoms with van der Waals surface area (Å²) in [6.45, 7) is 1.87. The van der Waals surface area contributed by atoms with Gasteiger partial charge in [0.15, 0.2) is 0 Å². The summed E-state index contributed by atoms with van der Waals surface area (Å²) in [5.41, 5.74) is 1.35. The van der Waals surface area contributed by atoms with E-state index in [0.29, 0.717) is 31.9 Å². The molecule has 2 aromatic rings. The number of amides is 2. The van der Waals surface area contributed by atoms with Crippen molar-refractivity contribution in [3.63, 3.8) is 0 Å². The van der Waals surface area contributed by atoms with Crippen molar-refractivity contribution in [2.24, 2.45) is 0 Å². The molecule has 0 saturated carbocycles. The molecule has 2 amide bonds. The molecule has 2 saturated heterocycles. The molecule has 2 aliphatic heterocycles. The number of carbonyl (C=O) groups excluding carboxylic acids is 2. The number of anilines is 2. The summed E-state index contributed by atoms with van der Waals surface area (Å²) in [6, 6.07) is 11.0. The zero-order chi connectivity index (χ0) is 22.0. The molecule has 8 nitrogen and oxygen atoms in total. The molecule has 0 aromatic heterocycles. The molecule has 2 aromatic carbocycles.